The Hall–Kier alpha value is -1.39. The van der Waals surface area contributed by atoms with E-state index in [1.54, 1.807) is 18.8 Å². The first-order chi connectivity index (χ1) is 6.34. The van der Waals surface area contributed by atoms with E-state index in [4.69, 9.17) is 0 Å². The van der Waals surface area contributed by atoms with Gasteiger partial charge in [0.15, 0.2) is 0 Å². The van der Waals surface area contributed by atoms with Crippen LogP contribution in [-0.4, -0.2) is 27.7 Å². The van der Waals surface area contributed by atoms with Crippen LogP contribution in [0.3, 0.4) is 0 Å². The van der Waals surface area contributed by atoms with E-state index in [0.717, 1.165) is 0 Å². The van der Waals surface area contributed by atoms with Crippen molar-refractivity contribution < 1.29 is 4.79 Å². The Balaban J connectivity index is 2.92. The van der Waals surface area contributed by atoms with Gasteiger partial charge in [0.1, 0.15) is 6.33 Å². The van der Waals surface area contributed by atoms with E-state index in [9.17, 15) is 4.79 Å². The second-order valence-electron chi connectivity index (χ2n) is 4.30. The second kappa shape index (κ2) is 3.40. The van der Waals surface area contributed by atoms with Crippen LogP contribution >= 0.6 is 0 Å². The van der Waals surface area contributed by atoms with Crippen molar-refractivity contribution in [2.45, 2.75) is 20.8 Å². The topological polar surface area (TPSA) is 51.0 Å². The van der Waals surface area contributed by atoms with Crippen LogP contribution in [0.1, 0.15) is 20.8 Å². The van der Waals surface area contributed by atoms with Gasteiger partial charge in [0, 0.05) is 19.5 Å². The summed E-state index contributed by atoms with van der Waals surface area (Å²) in [6.45, 7) is 5.63. The van der Waals surface area contributed by atoms with Crippen LogP contribution in [0.5, 0.6) is 0 Å². The first kappa shape index (κ1) is 10.7. The van der Waals surface area contributed by atoms with E-state index in [0.29, 0.717) is 5.95 Å². The number of nitrogens with zero attached hydrogens (tertiary/aromatic N) is 4. The van der Waals surface area contributed by atoms with Crippen LogP contribution in [0.4, 0.5) is 5.95 Å². The van der Waals surface area contributed by atoms with Crippen molar-refractivity contribution in [3.05, 3.63) is 6.33 Å². The highest BCUT2D eigenvalue weighted by molar-refractivity contribution is 5.94. The number of aryl methyl sites for hydroxylation is 1. The third-order valence-electron chi connectivity index (χ3n) is 1.93. The fourth-order valence-electron chi connectivity index (χ4n) is 1.19. The molecule has 0 spiro atoms. The van der Waals surface area contributed by atoms with Gasteiger partial charge in [-0.05, 0) is 0 Å². The van der Waals surface area contributed by atoms with E-state index in [-0.39, 0.29) is 5.91 Å². The Morgan fingerprint density at radius 1 is 1.50 bits per heavy atom. The number of hydrogen-bond acceptors (Lipinski definition) is 3. The molecule has 0 aliphatic heterocycles. The number of hydrogen-bond donors (Lipinski definition) is 0. The molecule has 0 aromatic carbocycles. The molecule has 0 N–H and O–H groups in total. The van der Waals surface area contributed by atoms with Crippen molar-refractivity contribution in [2.24, 2.45) is 12.5 Å². The standard InChI is InChI=1S/C9H16N4O/c1-9(2,3)7(14)12(4)8-10-6-11-13(8)5/h6H,1-5H3. The minimum Gasteiger partial charge on any atom is -0.284 e. The lowest BCUT2D eigenvalue weighted by Gasteiger charge is -2.24. The summed E-state index contributed by atoms with van der Waals surface area (Å²) in [5, 5.41) is 3.91. The Kier molecular flexibility index (Phi) is 2.59. The van der Waals surface area contributed by atoms with Crippen LogP contribution < -0.4 is 4.90 Å². The molecule has 0 bridgehead atoms. The zero-order chi connectivity index (χ0) is 10.9. The van der Waals surface area contributed by atoms with Gasteiger partial charge in [0.05, 0.1) is 0 Å². The lowest BCUT2D eigenvalue weighted by atomic mass is 9.95. The normalized spacial score (nSPS) is 11.5. The molecule has 0 unspecified atom stereocenters. The van der Waals surface area contributed by atoms with Crippen LogP contribution in [0, 0.1) is 5.41 Å². The number of aromatic nitrogens is 3. The molecular weight excluding hydrogens is 180 g/mol. The summed E-state index contributed by atoms with van der Waals surface area (Å²) in [5.74, 6) is 0.582. The zero-order valence-electron chi connectivity index (χ0n) is 9.27. The van der Waals surface area contributed by atoms with Crippen molar-refractivity contribution >= 4 is 11.9 Å². The molecule has 5 heteroatoms. The van der Waals surface area contributed by atoms with Crippen LogP contribution in [0.25, 0.3) is 0 Å². The smallest absolute Gasteiger partial charge is 0.234 e. The van der Waals surface area contributed by atoms with Crippen LogP contribution in [0.15, 0.2) is 6.33 Å². The molecule has 1 aromatic heterocycles. The van der Waals surface area contributed by atoms with Gasteiger partial charge in [-0.3, -0.25) is 9.69 Å². The van der Waals surface area contributed by atoms with Crippen molar-refractivity contribution in [3.8, 4) is 0 Å². The van der Waals surface area contributed by atoms with Crippen molar-refractivity contribution in [1.29, 1.82) is 0 Å². The Bertz CT molecular complexity index is 337. The lowest BCUT2D eigenvalue weighted by Crippen LogP contribution is -2.38. The fourth-order valence-corrected chi connectivity index (χ4v) is 1.19. The molecule has 78 valence electrons. The van der Waals surface area contributed by atoms with E-state index >= 15 is 0 Å². The van der Waals surface area contributed by atoms with Gasteiger partial charge in [-0.2, -0.15) is 10.1 Å². The maximum atomic E-state index is 11.9. The fraction of sp³-hybridized carbons (Fsp3) is 0.667. The molecular formula is C9H16N4O. The SMILES string of the molecule is CN(C(=O)C(C)(C)C)c1ncnn1C. The minimum absolute atomic E-state index is 0.0219. The van der Waals surface area contributed by atoms with Crippen molar-refractivity contribution in [2.75, 3.05) is 11.9 Å². The van der Waals surface area contributed by atoms with E-state index in [1.807, 2.05) is 20.8 Å². The summed E-state index contributed by atoms with van der Waals surface area (Å²) in [4.78, 5) is 17.4. The maximum absolute atomic E-state index is 11.9. The van der Waals surface area contributed by atoms with Gasteiger partial charge in [0.25, 0.3) is 0 Å². The molecule has 1 heterocycles. The summed E-state index contributed by atoms with van der Waals surface area (Å²) in [6.07, 6.45) is 1.43. The quantitative estimate of drug-likeness (QED) is 0.668. The summed E-state index contributed by atoms with van der Waals surface area (Å²) < 4.78 is 1.57. The third-order valence-corrected chi connectivity index (χ3v) is 1.93. The summed E-state index contributed by atoms with van der Waals surface area (Å²) in [5.41, 5.74) is -0.402. The Morgan fingerprint density at radius 3 is 2.43 bits per heavy atom. The third kappa shape index (κ3) is 1.92. The molecule has 0 saturated heterocycles. The summed E-state index contributed by atoms with van der Waals surface area (Å²) in [7, 11) is 3.46. The molecule has 0 aliphatic rings. The van der Waals surface area contributed by atoms with Gasteiger partial charge >= 0.3 is 0 Å². The highest BCUT2D eigenvalue weighted by atomic mass is 16.2. The van der Waals surface area contributed by atoms with Gasteiger partial charge in [-0.1, -0.05) is 20.8 Å². The lowest BCUT2D eigenvalue weighted by molar-refractivity contribution is -0.125. The number of carbonyl (C=O) groups is 1. The monoisotopic (exact) mass is 196 g/mol. The highest BCUT2D eigenvalue weighted by Crippen LogP contribution is 2.19. The summed E-state index contributed by atoms with van der Waals surface area (Å²) >= 11 is 0. The van der Waals surface area contributed by atoms with Gasteiger partial charge in [0.2, 0.25) is 11.9 Å². The van der Waals surface area contributed by atoms with Gasteiger partial charge in [-0.15, -0.1) is 0 Å². The average molecular weight is 196 g/mol. The summed E-state index contributed by atoms with van der Waals surface area (Å²) in [6, 6.07) is 0. The predicted molar refractivity (Wildman–Crippen MR) is 53.9 cm³/mol. The van der Waals surface area contributed by atoms with E-state index in [1.165, 1.54) is 11.2 Å². The number of carbonyl (C=O) groups excluding carboxylic acids is 1. The molecule has 0 radical (unpaired) electrons. The van der Waals surface area contributed by atoms with Gasteiger partial charge < -0.3 is 0 Å². The van der Waals surface area contributed by atoms with Crippen LogP contribution in [0.2, 0.25) is 0 Å². The molecule has 1 aromatic rings. The molecule has 1 amide bonds. The van der Waals surface area contributed by atoms with Gasteiger partial charge in [-0.25, -0.2) is 4.68 Å². The number of rotatable bonds is 1. The second-order valence-corrected chi connectivity index (χ2v) is 4.30. The maximum Gasteiger partial charge on any atom is 0.234 e. The Morgan fingerprint density at radius 2 is 2.07 bits per heavy atom. The Labute approximate surface area is 83.7 Å². The van der Waals surface area contributed by atoms with E-state index < -0.39 is 5.41 Å². The van der Waals surface area contributed by atoms with Crippen LogP contribution in [-0.2, 0) is 11.8 Å². The first-order valence-corrected chi connectivity index (χ1v) is 4.46. The number of anilines is 1. The average Bonchev–Trinajstić information content (AvgIpc) is 2.47. The molecule has 5 nitrogen and oxygen atoms in total. The number of amides is 1. The predicted octanol–water partition coefficient (Wildman–Crippen LogP) is 0.824. The molecule has 1 rings (SSSR count). The van der Waals surface area contributed by atoms with E-state index in [2.05, 4.69) is 10.1 Å². The first-order valence-electron chi connectivity index (χ1n) is 4.46. The highest BCUT2D eigenvalue weighted by Gasteiger charge is 2.27. The molecule has 0 saturated carbocycles. The van der Waals surface area contributed by atoms with Crippen molar-refractivity contribution in [3.63, 3.8) is 0 Å². The minimum atomic E-state index is -0.402. The molecule has 0 atom stereocenters. The largest absolute Gasteiger partial charge is 0.284 e. The molecule has 14 heavy (non-hydrogen) atoms. The zero-order valence-corrected chi connectivity index (χ0v) is 9.27. The van der Waals surface area contributed by atoms with Crippen molar-refractivity contribution in [1.82, 2.24) is 14.8 Å². The molecule has 0 fully saturated rings. The molecule has 0 aliphatic carbocycles.